The number of amides is 7. The van der Waals surface area contributed by atoms with Crippen LogP contribution in [0.5, 0.6) is 0 Å². The number of nitrogens with one attached hydrogen (secondary N) is 7. The van der Waals surface area contributed by atoms with Gasteiger partial charge >= 0.3 is 0 Å². The Morgan fingerprint density at radius 3 is 1.92 bits per heavy atom. The van der Waals surface area contributed by atoms with Gasteiger partial charge in [-0.25, -0.2) is 40.0 Å². The van der Waals surface area contributed by atoms with Crippen molar-refractivity contribution in [2.24, 2.45) is 17.8 Å². The third kappa shape index (κ3) is 17.7. The first-order chi connectivity index (χ1) is 33.9. The molecule has 3 aromatic rings. The molecule has 1 fully saturated rings. The molecule has 1 saturated carbocycles. The van der Waals surface area contributed by atoms with E-state index in [2.05, 4.69) is 31.2 Å². The van der Waals surface area contributed by atoms with Gasteiger partial charge < -0.3 is 26.6 Å². The smallest absolute Gasteiger partial charge is 0.290 e. The fourth-order valence-corrected chi connectivity index (χ4v) is 10.1. The number of carbonyl (C=O) groups is 8. The maximum atomic E-state index is 14.1. The van der Waals surface area contributed by atoms with Crippen LogP contribution in [0.25, 0.3) is 0 Å². The molecule has 1 aliphatic rings. The molecule has 5 atom stereocenters. The van der Waals surface area contributed by atoms with E-state index in [0.717, 1.165) is 31.4 Å². The van der Waals surface area contributed by atoms with Gasteiger partial charge in [0.25, 0.3) is 43.7 Å². The van der Waals surface area contributed by atoms with Crippen molar-refractivity contribution in [1.29, 1.82) is 0 Å². The Labute approximate surface area is 420 Å². The first-order valence-electron chi connectivity index (χ1n) is 23.0. The minimum Gasteiger partial charge on any atom is -0.344 e. The Bertz CT molecular complexity index is 2660. The van der Waals surface area contributed by atoms with Crippen LogP contribution in [0.1, 0.15) is 106 Å². The zero-order valence-corrected chi connectivity index (χ0v) is 42.2. The molecule has 1 heterocycles. The highest BCUT2D eigenvalue weighted by Gasteiger charge is 2.37. The molecule has 72 heavy (non-hydrogen) atoms. The monoisotopic (exact) mass is 1070 g/mol. The molecule has 0 aliphatic heterocycles. The fraction of sp³-hybridized carbons (Fsp3) is 0.478. The Morgan fingerprint density at radius 1 is 0.722 bits per heavy atom. The molecular weight excluding hydrogens is 1010 g/mol. The van der Waals surface area contributed by atoms with E-state index in [9.17, 15) is 64.0 Å². The van der Waals surface area contributed by atoms with Crippen LogP contribution >= 0.6 is 11.6 Å². The lowest BCUT2D eigenvalue weighted by molar-refractivity contribution is -0.141. The van der Waals surface area contributed by atoms with E-state index >= 15 is 0 Å². The normalized spacial score (nSPS) is 15.2. The number of nitrogens with zero attached hydrogens (tertiary/aromatic N) is 2. The maximum Gasteiger partial charge on any atom is 0.290 e. The molecule has 0 saturated heterocycles. The molecule has 4 rings (SSSR count). The molecule has 7 N–H and O–H groups in total. The van der Waals surface area contributed by atoms with E-state index < -0.39 is 131 Å². The summed E-state index contributed by atoms with van der Waals surface area (Å²) in [4.78, 5) is 113. The van der Waals surface area contributed by atoms with Gasteiger partial charge in [-0.2, -0.15) is 0 Å². The summed E-state index contributed by atoms with van der Waals surface area (Å²) in [6, 6.07) is 3.25. The summed E-state index contributed by atoms with van der Waals surface area (Å²) >= 11 is 6.01. The molecule has 26 heteroatoms. The van der Waals surface area contributed by atoms with Gasteiger partial charge in [0.15, 0.2) is 0 Å². The molecule has 7 amide bonds. The van der Waals surface area contributed by atoms with Crippen molar-refractivity contribution >= 4 is 78.8 Å². The van der Waals surface area contributed by atoms with Crippen molar-refractivity contribution in [1.82, 2.24) is 46.0 Å². The van der Waals surface area contributed by atoms with Gasteiger partial charge in [-0.1, -0.05) is 96.0 Å². The summed E-state index contributed by atoms with van der Waals surface area (Å²) < 4.78 is 83.7. The number of sulfonamides is 2. The zero-order valence-electron chi connectivity index (χ0n) is 39.8. The predicted molar refractivity (Wildman–Crippen MR) is 256 cm³/mol. The van der Waals surface area contributed by atoms with E-state index in [-0.39, 0.29) is 35.9 Å². The molecule has 2 aromatic carbocycles. The third-order valence-corrected chi connectivity index (χ3v) is 14.4. The second-order valence-corrected chi connectivity index (χ2v) is 21.4. The van der Waals surface area contributed by atoms with Crippen molar-refractivity contribution in [2.75, 3.05) is 6.54 Å². The standard InChI is InChI=1S/C46H58ClF2N9O12S2/c1-5-27(4)39(56-43(63)34(18-26(2)3)54-44(64)36-24-50-16-17-51-36)45(65)55-35(19-28-12-8-6-9-13-28)42(62)53-33(23-37(48)49)40(60)46(66)52-25-38(59)57-71(67,68)31-20-30(47)21-32(22-31)72(69,70)58-41(61)29-14-10-7-11-15-29/h7,10-11,14-17,20-22,24,26-28,33-35,37,39H,5-6,8-9,12-13,18-19,23,25H2,1-4H3,(H,52,66)(H,53,62)(H,54,64)(H,55,65)(H,56,63)(H,57,59)(H,58,61)/t27-,33-,34-,35-,39?/m0/s1. The van der Waals surface area contributed by atoms with E-state index in [0.29, 0.717) is 25.3 Å². The van der Waals surface area contributed by atoms with Crippen molar-refractivity contribution in [3.05, 3.63) is 83.4 Å². The first-order valence-corrected chi connectivity index (χ1v) is 26.3. The van der Waals surface area contributed by atoms with Crippen LogP contribution < -0.4 is 36.0 Å². The number of halogens is 3. The van der Waals surface area contributed by atoms with E-state index in [1.807, 2.05) is 19.2 Å². The molecule has 1 aromatic heterocycles. The molecule has 392 valence electrons. The summed E-state index contributed by atoms with van der Waals surface area (Å²) in [6.07, 6.45) is 3.53. The number of benzene rings is 2. The van der Waals surface area contributed by atoms with Gasteiger partial charge in [-0.15, -0.1) is 0 Å². The van der Waals surface area contributed by atoms with Crippen molar-refractivity contribution in [3.8, 4) is 0 Å². The molecule has 0 radical (unpaired) electrons. The Balaban J connectivity index is 1.47. The number of hydrogen-bond donors (Lipinski definition) is 7. The van der Waals surface area contributed by atoms with Gasteiger partial charge in [-0.05, 0) is 60.9 Å². The van der Waals surface area contributed by atoms with E-state index in [1.165, 1.54) is 42.9 Å². The summed E-state index contributed by atoms with van der Waals surface area (Å²) in [5.74, 6) is -10.0. The lowest BCUT2D eigenvalue weighted by Crippen LogP contribution is -2.60. The summed E-state index contributed by atoms with van der Waals surface area (Å²) in [5, 5.41) is 11.5. The maximum absolute atomic E-state index is 14.1. The fourth-order valence-electron chi connectivity index (χ4n) is 7.57. The number of rotatable bonds is 25. The van der Waals surface area contributed by atoms with Crippen LogP contribution in [0.15, 0.2) is 76.9 Å². The summed E-state index contributed by atoms with van der Waals surface area (Å²) in [6.45, 7) is 5.81. The van der Waals surface area contributed by atoms with Crippen molar-refractivity contribution in [3.63, 3.8) is 0 Å². The summed E-state index contributed by atoms with van der Waals surface area (Å²) in [7, 11) is -9.71. The molecule has 21 nitrogen and oxygen atoms in total. The van der Waals surface area contributed by atoms with Crippen LogP contribution in [0.4, 0.5) is 8.78 Å². The highest BCUT2D eigenvalue weighted by molar-refractivity contribution is 7.91. The number of ketones is 1. The van der Waals surface area contributed by atoms with Gasteiger partial charge in [0, 0.05) is 29.4 Å². The van der Waals surface area contributed by atoms with Crippen molar-refractivity contribution < 1.29 is 64.0 Å². The summed E-state index contributed by atoms with van der Waals surface area (Å²) in [5.41, 5.74) is -0.0951. The molecule has 1 aliphatic carbocycles. The topological polar surface area (TPSA) is 315 Å². The van der Waals surface area contributed by atoms with Crippen LogP contribution in [-0.2, 0) is 48.8 Å². The molecule has 0 bridgehead atoms. The average molecular weight is 1070 g/mol. The second kappa shape index (κ2) is 26.8. The quantitative estimate of drug-likeness (QED) is 0.0601. The van der Waals surface area contributed by atoms with Gasteiger partial charge in [0.2, 0.25) is 29.9 Å². The lowest BCUT2D eigenvalue weighted by atomic mass is 9.84. The third-order valence-electron chi connectivity index (χ3n) is 11.5. The average Bonchev–Trinajstić information content (AvgIpc) is 3.33. The highest BCUT2D eigenvalue weighted by Crippen LogP contribution is 2.28. The first kappa shape index (κ1) is 58.1. The van der Waals surface area contributed by atoms with Crippen LogP contribution in [0.3, 0.4) is 0 Å². The number of carbonyl (C=O) groups excluding carboxylic acids is 8. The number of aromatic nitrogens is 2. The zero-order chi connectivity index (χ0) is 53.3. The number of alkyl halides is 2. The largest absolute Gasteiger partial charge is 0.344 e. The Kier molecular flexibility index (Phi) is 21.6. The van der Waals surface area contributed by atoms with E-state index in [1.54, 1.807) is 29.4 Å². The number of hydrogen-bond acceptors (Lipinski definition) is 14. The lowest BCUT2D eigenvalue weighted by Gasteiger charge is -2.31. The number of Topliss-reactive ketones (excluding diaryl/α,β-unsaturated/α-hetero) is 1. The molecular formula is C46H58ClF2N9O12S2. The minimum absolute atomic E-state index is 0.0122. The molecule has 1 unspecified atom stereocenters. The molecule has 0 spiro atoms. The van der Waals surface area contributed by atoms with E-state index in [4.69, 9.17) is 11.6 Å². The Hall–Kier alpha value is -6.47. The predicted octanol–water partition coefficient (Wildman–Crippen LogP) is 2.71. The SMILES string of the molecule is CC[C@H](C)C(NC(=O)[C@H](CC(C)C)NC(=O)c1cnccn1)C(=O)N[C@@H](CC1CCCCC1)C(=O)N[C@@H](CC(F)F)C(=O)C(=O)NCC(=O)NS(=O)(=O)c1cc(Cl)cc(S(=O)(=O)NC(=O)c2ccccc2)c1. The minimum atomic E-state index is -4.97. The van der Waals surface area contributed by atoms with Crippen molar-refractivity contribution in [2.45, 2.75) is 126 Å². The van der Waals surface area contributed by atoms with Crippen LogP contribution in [-0.4, -0.2) is 111 Å². The Morgan fingerprint density at radius 2 is 1.33 bits per heavy atom. The van der Waals surface area contributed by atoms with Gasteiger partial charge in [0.1, 0.15) is 29.9 Å². The highest BCUT2D eigenvalue weighted by atomic mass is 35.5. The second-order valence-electron chi connectivity index (χ2n) is 17.6. The van der Waals surface area contributed by atoms with Gasteiger partial charge in [0.05, 0.1) is 22.5 Å². The van der Waals surface area contributed by atoms with Crippen LogP contribution in [0.2, 0.25) is 5.02 Å². The van der Waals surface area contributed by atoms with Crippen LogP contribution in [0, 0.1) is 17.8 Å². The van der Waals surface area contributed by atoms with Gasteiger partial charge in [-0.3, -0.25) is 43.3 Å².